The predicted octanol–water partition coefficient (Wildman–Crippen LogP) is 1.85. The van der Waals surface area contributed by atoms with E-state index in [2.05, 4.69) is 20.3 Å². The Morgan fingerprint density at radius 3 is 2.68 bits per heavy atom. The number of nitrogens with two attached hydrogens (primary N) is 1. The van der Waals surface area contributed by atoms with Crippen molar-refractivity contribution in [2.45, 2.75) is 38.1 Å². The van der Waals surface area contributed by atoms with Crippen LogP contribution in [0.4, 0.5) is 5.95 Å². The molecule has 1 heterocycles. The predicted molar refractivity (Wildman–Crippen MR) is 74.4 cm³/mol. The van der Waals surface area contributed by atoms with Crippen molar-refractivity contribution in [3.8, 4) is 6.01 Å². The van der Waals surface area contributed by atoms with Gasteiger partial charge in [0.1, 0.15) is 0 Å². The molecule has 0 amide bonds. The maximum absolute atomic E-state index is 5.86. The highest BCUT2D eigenvalue weighted by molar-refractivity contribution is 6.28. The van der Waals surface area contributed by atoms with Crippen LogP contribution < -0.4 is 15.8 Å². The average Bonchev–Trinajstić information content (AvgIpc) is 2.45. The number of methoxy groups -OCH3 is 1. The third kappa shape index (κ3) is 3.91. The number of halogens is 1. The number of hydrogen-bond acceptors (Lipinski definition) is 6. The van der Waals surface area contributed by atoms with E-state index in [1.807, 2.05) is 0 Å². The van der Waals surface area contributed by atoms with Gasteiger partial charge in [0.05, 0.1) is 7.11 Å². The fraction of sp³-hybridized carbons (Fsp3) is 0.750. The van der Waals surface area contributed by atoms with Crippen LogP contribution in [0, 0.1) is 5.92 Å². The topological polar surface area (TPSA) is 86.0 Å². The van der Waals surface area contributed by atoms with Crippen molar-refractivity contribution in [2.24, 2.45) is 11.7 Å². The van der Waals surface area contributed by atoms with Crippen LogP contribution in [-0.4, -0.2) is 34.6 Å². The highest BCUT2D eigenvalue weighted by Crippen LogP contribution is 2.27. The average molecular weight is 286 g/mol. The monoisotopic (exact) mass is 285 g/mol. The zero-order valence-corrected chi connectivity index (χ0v) is 11.9. The SMILES string of the molecule is COc1nc(Cl)nc(NC(CN)C2CCCCC2)n1. The van der Waals surface area contributed by atoms with Crippen LogP contribution in [0.1, 0.15) is 32.1 Å². The van der Waals surface area contributed by atoms with E-state index in [1.165, 1.54) is 39.2 Å². The van der Waals surface area contributed by atoms with Crippen molar-refractivity contribution >= 4 is 17.5 Å². The quantitative estimate of drug-likeness (QED) is 0.859. The first-order valence-electron chi connectivity index (χ1n) is 6.65. The molecular weight excluding hydrogens is 266 g/mol. The van der Waals surface area contributed by atoms with Crippen molar-refractivity contribution in [3.63, 3.8) is 0 Å². The summed E-state index contributed by atoms with van der Waals surface area (Å²) in [4.78, 5) is 12.0. The van der Waals surface area contributed by atoms with E-state index in [0.717, 1.165) is 0 Å². The Labute approximate surface area is 118 Å². The molecule has 7 heteroatoms. The van der Waals surface area contributed by atoms with Gasteiger partial charge in [-0.2, -0.15) is 15.0 Å². The van der Waals surface area contributed by atoms with E-state index in [4.69, 9.17) is 22.1 Å². The molecule has 0 bridgehead atoms. The summed E-state index contributed by atoms with van der Waals surface area (Å²) < 4.78 is 4.98. The molecule has 106 valence electrons. The van der Waals surface area contributed by atoms with Gasteiger partial charge in [0.15, 0.2) is 0 Å². The van der Waals surface area contributed by atoms with Gasteiger partial charge in [-0.1, -0.05) is 19.3 Å². The minimum absolute atomic E-state index is 0.119. The van der Waals surface area contributed by atoms with E-state index in [9.17, 15) is 0 Å². The summed E-state index contributed by atoms with van der Waals surface area (Å²) in [5, 5.41) is 3.38. The summed E-state index contributed by atoms with van der Waals surface area (Å²) in [5.74, 6) is 0.998. The fourth-order valence-electron chi connectivity index (χ4n) is 2.56. The lowest BCUT2D eigenvalue weighted by atomic mass is 9.84. The number of aromatic nitrogens is 3. The largest absolute Gasteiger partial charge is 0.467 e. The van der Waals surface area contributed by atoms with Crippen LogP contribution in [-0.2, 0) is 0 Å². The molecule has 3 N–H and O–H groups in total. The molecule has 0 radical (unpaired) electrons. The van der Waals surface area contributed by atoms with E-state index < -0.39 is 0 Å². The summed E-state index contributed by atoms with van der Waals surface area (Å²) >= 11 is 5.83. The molecule has 1 aliphatic carbocycles. The van der Waals surface area contributed by atoms with Gasteiger partial charge in [-0.05, 0) is 30.4 Å². The molecule has 0 aromatic carbocycles. The van der Waals surface area contributed by atoms with Crippen LogP contribution in [0.3, 0.4) is 0 Å². The number of anilines is 1. The van der Waals surface area contributed by atoms with Gasteiger partial charge < -0.3 is 15.8 Å². The van der Waals surface area contributed by atoms with Crippen LogP contribution >= 0.6 is 11.6 Å². The lowest BCUT2D eigenvalue weighted by Crippen LogP contribution is -2.38. The normalized spacial score (nSPS) is 18.1. The highest BCUT2D eigenvalue weighted by Gasteiger charge is 2.23. The Bertz CT molecular complexity index is 411. The number of nitrogens with zero attached hydrogens (tertiary/aromatic N) is 3. The summed E-state index contributed by atoms with van der Waals surface area (Å²) in [5.41, 5.74) is 5.86. The number of rotatable bonds is 5. The molecule has 0 saturated heterocycles. The van der Waals surface area contributed by atoms with Crippen LogP contribution in [0.25, 0.3) is 0 Å². The van der Waals surface area contributed by atoms with Gasteiger partial charge in [-0.3, -0.25) is 0 Å². The van der Waals surface area contributed by atoms with Gasteiger partial charge >= 0.3 is 6.01 Å². The molecule has 1 atom stereocenters. The zero-order chi connectivity index (χ0) is 13.7. The maximum atomic E-state index is 5.86. The Balaban J connectivity index is 2.06. The number of nitrogens with one attached hydrogen (secondary N) is 1. The minimum atomic E-state index is 0.119. The number of ether oxygens (including phenoxy) is 1. The first-order chi connectivity index (χ1) is 9.22. The molecule has 1 aliphatic rings. The van der Waals surface area contributed by atoms with Gasteiger partial charge in [-0.15, -0.1) is 0 Å². The van der Waals surface area contributed by atoms with Crippen molar-refractivity contribution in [1.29, 1.82) is 0 Å². The molecular formula is C12H20ClN5O. The molecule has 19 heavy (non-hydrogen) atoms. The van der Waals surface area contributed by atoms with Crippen molar-refractivity contribution < 1.29 is 4.74 Å². The third-order valence-electron chi connectivity index (χ3n) is 3.56. The van der Waals surface area contributed by atoms with Gasteiger partial charge in [0.2, 0.25) is 11.2 Å². The van der Waals surface area contributed by atoms with E-state index in [1.54, 1.807) is 0 Å². The highest BCUT2D eigenvalue weighted by atomic mass is 35.5. The van der Waals surface area contributed by atoms with Gasteiger partial charge in [-0.25, -0.2) is 0 Å². The van der Waals surface area contributed by atoms with Crippen molar-refractivity contribution in [2.75, 3.05) is 19.0 Å². The Hall–Kier alpha value is -1.14. The zero-order valence-electron chi connectivity index (χ0n) is 11.1. The third-order valence-corrected chi connectivity index (χ3v) is 3.73. The summed E-state index contributed by atoms with van der Waals surface area (Å²) in [7, 11) is 1.50. The van der Waals surface area contributed by atoms with Gasteiger partial charge in [0, 0.05) is 12.6 Å². The molecule has 1 aromatic heterocycles. The van der Waals surface area contributed by atoms with Crippen molar-refractivity contribution in [3.05, 3.63) is 5.28 Å². The maximum Gasteiger partial charge on any atom is 0.322 e. The van der Waals surface area contributed by atoms with E-state index in [-0.39, 0.29) is 17.3 Å². The molecule has 6 nitrogen and oxygen atoms in total. The lowest BCUT2D eigenvalue weighted by molar-refractivity contribution is 0.319. The Morgan fingerprint density at radius 1 is 1.32 bits per heavy atom. The Kier molecular flexibility index (Phi) is 5.15. The summed E-state index contributed by atoms with van der Waals surface area (Å²) in [6.45, 7) is 0.552. The van der Waals surface area contributed by atoms with E-state index in [0.29, 0.717) is 18.4 Å². The molecule has 0 spiro atoms. The Morgan fingerprint density at radius 2 is 2.05 bits per heavy atom. The van der Waals surface area contributed by atoms with Crippen LogP contribution in [0.15, 0.2) is 0 Å². The van der Waals surface area contributed by atoms with Crippen molar-refractivity contribution in [1.82, 2.24) is 15.0 Å². The first kappa shape index (κ1) is 14.3. The van der Waals surface area contributed by atoms with Crippen LogP contribution in [0.5, 0.6) is 6.01 Å². The molecule has 2 rings (SSSR count). The second-order valence-electron chi connectivity index (χ2n) is 4.80. The van der Waals surface area contributed by atoms with Gasteiger partial charge in [0.25, 0.3) is 0 Å². The number of hydrogen-bond donors (Lipinski definition) is 2. The second-order valence-corrected chi connectivity index (χ2v) is 5.14. The molecule has 0 aliphatic heterocycles. The van der Waals surface area contributed by atoms with E-state index >= 15 is 0 Å². The molecule has 1 aromatic rings. The molecule has 1 saturated carbocycles. The molecule has 1 unspecified atom stereocenters. The minimum Gasteiger partial charge on any atom is -0.467 e. The standard InChI is InChI=1S/C12H20ClN5O/c1-19-12-17-10(13)16-11(18-12)15-9(7-14)8-5-3-2-4-6-8/h8-9H,2-7,14H2,1H3,(H,15,16,17,18). The smallest absolute Gasteiger partial charge is 0.322 e. The lowest BCUT2D eigenvalue weighted by Gasteiger charge is -2.30. The molecule has 1 fully saturated rings. The summed E-state index contributed by atoms with van der Waals surface area (Å²) in [6, 6.07) is 0.380. The first-order valence-corrected chi connectivity index (χ1v) is 7.03. The fourth-order valence-corrected chi connectivity index (χ4v) is 2.71. The summed E-state index contributed by atoms with van der Waals surface area (Å²) in [6.07, 6.45) is 6.25. The second kappa shape index (κ2) is 6.86. The van der Waals surface area contributed by atoms with Crippen LogP contribution in [0.2, 0.25) is 5.28 Å².